The molecule has 2 atom stereocenters. The minimum absolute atomic E-state index is 0. The van der Waals surface area contributed by atoms with Gasteiger partial charge >= 0.3 is 65.3 Å². The van der Waals surface area contributed by atoms with Crippen molar-refractivity contribution >= 4 is 70.3 Å². The molecule has 1 amide bonds. The van der Waals surface area contributed by atoms with Crippen LogP contribution < -0.4 is 74.6 Å². The summed E-state index contributed by atoms with van der Waals surface area (Å²) in [6, 6.07) is -1.06. The first-order valence-corrected chi connectivity index (χ1v) is 12.0. The van der Waals surface area contributed by atoms with Crippen LogP contribution in [0.1, 0.15) is 6.42 Å². The summed E-state index contributed by atoms with van der Waals surface area (Å²) in [6.45, 7) is 0. The Morgan fingerprint density at radius 2 is 1.97 bits per heavy atom. The summed E-state index contributed by atoms with van der Waals surface area (Å²) >= 11 is 7.76. The van der Waals surface area contributed by atoms with Gasteiger partial charge < -0.3 is 25.1 Å². The normalized spacial score (nSPS) is 19.4. The van der Waals surface area contributed by atoms with Crippen LogP contribution in [0.4, 0.5) is 13.2 Å². The molecule has 1 aromatic heterocycles. The van der Waals surface area contributed by atoms with E-state index in [1.807, 2.05) is 0 Å². The molecular weight excluding hydrogens is 561 g/mol. The molecule has 1 fully saturated rings. The van der Waals surface area contributed by atoms with E-state index in [1.54, 1.807) is 0 Å². The van der Waals surface area contributed by atoms with E-state index in [9.17, 15) is 37.8 Å². The third-order valence-corrected chi connectivity index (χ3v) is 7.44. The molecule has 1 saturated heterocycles. The Hall–Kier alpha value is 0.0200. The summed E-state index contributed by atoms with van der Waals surface area (Å²) in [7, 11) is 0. The van der Waals surface area contributed by atoms with Crippen LogP contribution >= 0.6 is 47.5 Å². The monoisotopic (exact) mass is 573 g/mol. The summed E-state index contributed by atoms with van der Waals surface area (Å²) < 4.78 is 37.4. The first-order valence-electron chi connectivity index (χ1n) is 8.58. The maximum Gasteiger partial charge on any atom is 1.00 e. The van der Waals surface area contributed by atoms with Gasteiger partial charge in [0.1, 0.15) is 11.4 Å². The first-order chi connectivity index (χ1) is 15.0. The average Bonchev–Trinajstić information content (AvgIpc) is 3.14. The second-order valence-corrected chi connectivity index (χ2v) is 9.86. The van der Waals surface area contributed by atoms with Gasteiger partial charge in [-0.2, -0.15) is 18.2 Å². The number of carbonyl (C=O) groups is 3. The Kier molecular flexibility index (Phi) is 12.8. The molecule has 174 valence electrons. The Labute approximate surface area is 253 Å². The number of aromatic amines is 1. The summed E-state index contributed by atoms with van der Waals surface area (Å²) in [5.74, 6) is -3.62. The van der Waals surface area contributed by atoms with Crippen molar-refractivity contribution in [3.05, 3.63) is 11.3 Å². The zero-order valence-electron chi connectivity index (χ0n) is 17.6. The van der Waals surface area contributed by atoms with Crippen molar-refractivity contribution in [3.8, 4) is 0 Å². The van der Waals surface area contributed by atoms with E-state index in [2.05, 4.69) is 32.7 Å². The smallest absolute Gasteiger partial charge is 0.549 e. The molecule has 10 nitrogen and oxygen atoms in total. The number of halogens is 3. The van der Waals surface area contributed by atoms with Crippen molar-refractivity contribution < 1.29 is 96.9 Å². The van der Waals surface area contributed by atoms with Gasteiger partial charge in [0.15, 0.2) is 5.16 Å². The molecule has 0 saturated carbocycles. The topological polar surface area (TPSA) is 154 Å². The number of nitrogens with zero attached hydrogens (tertiary/aromatic N) is 3. The summed E-state index contributed by atoms with van der Waals surface area (Å²) in [5.41, 5.74) is 0.0165. The number of hydrogen-bond donors (Lipinski definition) is 2. The molecule has 3 rings (SSSR count). The molecule has 1 unspecified atom stereocenters. The Morgan fingerprint density at radius 3 is 2.56 bits per heavy atom. The molecule has 19 heteroatoms. The Bertz CT molecular complexity index is 996. The van der Waals surface area contributed by atoms with Crippen molar-refractivity contribution in [2.75, 3.05) is 17.3 Å². The molecule has 2 aliphatic rings. The van der Waals surface area contributed by atoms with E-state index in [0.717, 1.165) is 28.4 Å². The third-order valence-electron chi connectivity index (χ3n) is 4.06. The number of hydrogen-bond acceptors (Lipinski definition) is 11. The van der Waals surface area contributed by atoms with Gasteiger partial charge in [0.05, 0.1) is 29.0 Å². The predicted octanol–water partition coefficient (Wildman–Crippen LogP) is -7.10. The number of aromatic nitrogens is 3. The Morgan fingerprint density at radius 1 is 1.29 bits per heavy atom. The average molecular weight is 574 g/mol. The van der Waals surface area contributed by atoms with E-state index in [0.29, 0.717) is 5.57 Å². The van der Waals surface area contributed by atoms with Crippen LogP contribution in [-0.4, -0.2) is 77.8 Å². The SMILES string of the molecule is O=C([O-])CSc1nc(SCC2=C(C(=O)[O-])N3C(=O)C(NC(=S)CC(F)(F)F)[C@H]3SC2)n[nH]1.[Na+].[Na+]. The van der Waals surface area contributed by atoms with Gasteiger partial charge in [-0.1, -0.05) is 35.7 Å². The van der Waals surface area contributed by atoms with Crippen LogP contribution in [-0.2, 0) is 14.4 Å². The summed E-state index contributed by atoms with van der Waals surface area (Å²) in [4.78, 5) is 39.1. The zero-order chi connectivity index (χ0) is 23.6. The van der Waals surface area contributed by atoms with Gasteiger partial charge in [0, 0.05) is 17.3 Å². The van der Waals surface area contributed by atoms with Crippen molar-refractivity contribution in [1.29, 1.82) is 0 Å². The number of β-lactam (4-membered cyclic amide) rings is 1. The number of thioether (sulfide) groups is 3. The van der Waals surface area contributed by atoms with E-state index in [1.165, 1.54) is 11.8 Å². The second kappa shape index (κ2) is 13.5. The fourth-order valence-corrected chi connectivity index (χ4v) is 5.98. The van der Waals surface area contributed by atoms with Crippen molar-refractivity contribution in [1.82, 2.24) is 25.4 Å². The summed E-state index contributed by atoms with van der Waals surface area (Å²) in [5, 5.41) is 30.7. The van der Waals surface area contributed by atoms with Gasteiger partial charge in [-0.25, -0.2) is 0 Å². The van der Waals surface area contributed by atoms with E-state index in [4.69, 9.17) is 0 Å². The van der Waals surface area contributed by atoms with Gasteiger partial charge in [0.2, 0.25) is 5.16 Å². The zero-order valence-corrected chi connectivity index (χ0v) is 24.9. The van der Waals surface area contributed by atoms with E-state index < -0.39 is 46.8 Å². The van der Waals surface area contributed by atoms with Crippen molar-refractivity contribution in [2.45, 2.75) is 34.3 Å². The third kappa shape index (κ3) is 8.27. The molecule has 1 aromatic rings. The van der Waals surface area contributed by atoms with Crippen LogP contribution in [0.2, 0.25) is 0 Å². The predicted molar refractivity (Wildman–Crippen MR) is 108 cm³/mol. The number of thiocarbonyl (C=S) groups is 1. The maximum absolute atomic E-state index is 12.5. The molecule has 0 bridgehead atoms. The first kappa shape index (κ1) is 32.0. The summed E-state index contributed by atoms with van der Waals surface area (Å²) in [6.07, 6.45) is -5.91. The quantitative estimate of drug-likeness (QED) is 0.125. The number of carboxylic acids is 2. The molecular formula is C15H12F3N5Na2O5S4. The molecule has 2 aliphatic heterocycles. The number of carbonyl (C=O) groups excluding carboxylic acids is 3. The molecule has 3 heterocycles. The van der Waals surface area contributed by atoms with Gasteiger partial charge in [0.25, 0.3) is 5.91 Å². The molecule has 34 heavy (non-hydrogen) atoms. The molecule has 0 aromatic carbocycles. The Balaban J connectivity index is 0.00000289. The van der Waals surface area contributed by atoms with E-state index in [-0.39, 0.29) is 92.4 Å². The number of aliphatic carboxylic acids is 2. The minimum atomic E-state index is -4.53. The minimum Gasteiger partial charge on any atom is -0.549 e. The van der Waals surface area contributed by atoms with Crippen molar-refractivity contribution in [3.63, 3.8) is 0 Å². The molecule has 0 aliphatic carbocycles. The van der Waals surface area contributed by atoms with Crippen molar-refractivity contribution in [2.24, 2.45) is 0 Å². The van der Waals surface area contributed by atoms with Gasteiger partial charge in [-0.3, -0.25) is 14.8 Å². The number of carboxylic acid groups (broad SMARTS) is 2. The van der Waals surface area contributed by atoms with Gasteiger partial charge in [-0.15, -0.1) is 16.9 Å². The largest absolute Gasteiger partial charge is 1.00 e. The molecule has 0 spiro atoms. The number of alkyl halides is 3. The number of amides is 1. The van der Waals surface area contributed by atoms with Crippen LogP contribution in [0.3, 0.4) is 0 Å². The fourth-order valence-electron chi connectivity index (χ4n) is 2.83. The molecule has 2 N–H and O–H groups in total. The number of rotatable bonds is 9. The van der Waals surface area contributed by atoms with E-state index >= 15 is 0 Å². The number of nitrogens with one attached hydrogen (secondary N) is 2. The molecule has 0 radical (unpaired) electrons. The van der Waals surface area contributed by atoms with Crippen LogP contribution in [0.15, 0.2) is 21.6 Å². The van der Waals surface area contributed by atoms with Crippen LogP contribution in [0.25, 0.3) is 0 Å². The van der Waals surface area contributed by atoms with Crippen LogP contribution in [0, 0.1) is 0 Å². The van der Waals surface area contributed by atoms with Gasteiger partial charge in [-0.05, 0) is 5.57 Å². The number of H-pyrrole nitrogens is 1. The van der Waals surface area contributed by atoms with Crippen LogP contribution in [0.5, 0.6) is 0 Å². The second-order valence-electron chi connectivity index (χ2n) is 6.36. The number of fused-ring (bicyclic) bond motifs is 1. The standard InChI is InChI=1S/C15H14F3N5O5S4.2Na/c16-15(17,18)1-6(29)19-8-10(26)23-9(12(27)28)5(2-30-11(8)23)3-31-13-20-14(22-21-13)32-4-7(24)25;;/h8,11H,1-4H2,(H,19,29)(H,24,25)(H,27,28)(H,20,21,22);;/q;2*+1/p-2/t8?,11-;;/m1../s1. The maximum atomic E-state index is 12.5. The fraction of sp³-hybridized carbons (Fsp3) is 0.467.